The highest BCUT2D eigenvalue weighted by Gasteiger charge is 2.25. The summed E-state index contributed by atoms with van der Waals surface area (Å²) in [4.78, 5) is 37.8. The van der Waals surface area contributed by atoms with Gasteiger partial charge in [-0.05, 0) is 23.6 Å². The summed E-state index contributed by atoms with van der Waals surface area (Å²) < 4.78 is 10.0. The Morgan fingerprint density at radius 1 is 1.32 bits per heavy atom. The van der Waals surface area contributed by atoms with Crippen LogP contribution in [0, 0.1) is 0 Å². The van der Waals surface area contributed by atoms with Crippen LogP contribution in [0.4, 0.5) is 11.4 Å². The van der Waals surface area contributed by atoms with Crippen LogP contribution in [0.2, 0.25) is 0 Å². The van der Waals surface area contributed by atoms with E-state index in [0.29, 0.717) is 22.0 Å². The van der Waals surface area contributed by atoms with Gasteiger partial charge in [0.25, 0.3) is 5.91 Å². The van der Waals surface area contributed by atoms with Gasteiger partial charge in [-0.1, -0.05) is 12.1 Å². The molecule has 0 atom stereocenters. The highest BCUT2D eigenvalue weighted by molar-refractivity contribution is 7.12. The fourth-order valence-electron chi connectivity index (χ4n) is 2.48. The quantitative estimate of drug-likeness (QED) is 0.827. The van der Waals surface area contributed by atoms with Gasteiger partial charge in [-0.3, -0.25) is 9.59 Å². The Bertz CT molecular complexity index is 817. The minimum atomic E-state index is -0.498. The predicted octanol–water partition coefficient (Wildman–Crippen LogP) is 2.29. The average molecular weight is 360 g/mol. The van der Waals surface area contributed by atoms with Crippen LogP contribution in [0.5, 0.6) is 5.75 Å². The molecule has 0 saturated carbocycles. The van der Waals surface area contributed by atoms with E-state index in [1.54, 1.807) is 23.6 Å². The lowest BCUT2D eigenvalue weighted by Gasteiger charge is -2.29. The zero-order valence-corrected chi connectivity index (χ0v) is 14.3. The molecular weight excluding hydrogens is 344 g/mol. The first kappa shape index (κ1) is 17.0. The molecule has 25 heavy (non-hydrogen) atoms. The lowest BCUT2D eigenvalue weighted by atomic mass is 10.2. The second-order valence-electron chi connectivity index (χ2n) is 5.25. The number of rotatable bonds is 5. The number of para-hydroxylation sites is 2. The molecule has 0 spiro atoms. The molecule has 1 aliphatic rings. The summed E-state index contributed by atoms with van der Waals surface area (Å²) in [5, 5.41) is 4.38. The molecule has 0 radical (unpaired) electrons. The number of hydrogen-bond donors (Lipinski definition) is 1. The molecule has 0 aliphatic carbocycles. The van der Waals surface area contributed by atoms with Crippen molar-refractivity contribution in [2.75, 3.05) is 30.5 Å². The van der Waals surface area contributed by atoms with E-state index in [1.165, 1.54) is 23.3 Å². The number of hydrogen-bond acceptors (Lipinski definition) is 6. The maximum atomic E-state index is 12.2. The number of carbonyl (C=O) groups excluding carboxylic acids is 3. The van der Waals surface area contributed by atoms with E-state index in [1.807, 2.05) is 12.1 Å². The highest BCUT2D eigenvalue weighted by Crippen LogP contribution is 2.31. The van der Waals surface area contributed by atoms with Crippen LogP contribution in [0.15, 0.2) is 35.7 Å². The Morgan fingerprint density at radius 3 is 2.92 bits per heavy atom. The second-order valence-corrected chi connectivity index (χ2v) is 6.17. The number of carbonyl (C=O) groups is 3. The molecular formula is C17H16N2O5S. The molecule has 2 heterocycles. The van der Waals surface area contributed by atoms with Gasteiger partial charge in [-0.2, -0.15) is 0 Å². The van der Waals surface area contributed by atoms with Gasteiger partial charge >= 0.3 is 5.97 Å². The van der Waals surface area contributed by atoms with E-state index in [0.717, 1.165) is 0 Å². The average Bonchev–Trinajstić information content (AvgIpc) is 3.08. The number of thiophene rings is 1. The van der Waals surface area contributed by atoms with Gasteiger partial charge < -0.3 is 19.7 Å². The first-order valence-electron chi connectivity index (χ1n) is 7.58. The van der Waals surface area contributed by atoms with E-state index in [2.05, 4.69) is 10.1 Å². The Hall–Kier alpha value is -2.87. The molecule has 3 rings (SSSR count). The topological polar surface area (TPSA) is 84.9 Å². The monoisotopic (exact) mass is 360 g/mol. The van der Waals surface area contributed by atoms with Crippen molar-refractivity contribution in [2.45, 2.75) is 6.42 Å². The van der Waals surface area contributed by atoms with Crippen molar-refractivity contribution >= 4 is 40.5 Å². The fourth-order valence-corrected chi connectivity index (χ4v) is 3.25. The molecule has 1 aromatic carbocycles. The molecule has 1 aromatic heterocycles. The van der Waals surface area contributed by atoms with Gasteiger partial charge in [0.1, 0.15) is 10.6 Å². The third-order valence-corrected chi connectivity index (χ3v) is 4.58. The number of nitrogens with zero attached hydrogens (tertiary/aromatic N) is 1. The number of benzene rings is 1. The Labute approximate surface area is 148 Å². The summed E-state index contributed by atoms with van der Waals surface area (Å²) in [6, 6.07) is 8.83. The summed E-state index contributed by atoms with van der Waals surface area (Å²) >= 11 is 1.19. The highest BCUT2D eigenvalue weighted by atomic mass is 32.1. The minimum absolute atomic E-state index is 0.0460. The third-order valence-electron chi connectivity index (χ3n) is 3.68. The van der Waals surface area contributed by atoms with Crippen molar-refractivity contribution in [3.8, 4) is 5.75 Å². The number of nitrogens with one attached hydrogen (secondary N) is 1. The molecule has 2 aromatic rings. The summed E-state index contributed by atoms with van der Waals surface area (Å²) in [6.45, 7) is 0.179. The van der Waals surface area contributed by atoms with Crippen molar-refractivity contribution in [1.29, 1.82) is 0 Å². The Morgan fingerprint density at radius 2 is 2.12 bits per heavy atom. The van der Waals surface area contributed by atoms with Gasteiger partial charge in [-0.15, -0.1) is 11.3 Å². The van der Waals surface area contributed by atoms with E-state index in [-0.39, 0.29) is 31.4 Å². The summed E-state index contributed by atoms with van der Waals surface area (Å²) in [5.41, 5.74) is 1.06. The number of anilines is 2. The van der Waals surface area contributed by atoms with Gasteiger partial charge in [0.05, 0.1) is 18.5 Å². The van der Waals surface area contributed by atoms with Crippen LogP contribution < -0.4 is 15.0 Å². The summed E-state index contributed by atoms with van der Waals surface area (Å²) in [5.74, 6) is -0.367. The van der Waals surface area contributed by atoms with Crippen LogP contribution in [0.3, 0.4) is 0 Å². The molecule has 2 amide bonds. The Balaban J connectivity index is 1.64. The Kier molecular flexibility index (Phi) is 4.99. The maximum Gasteiger partial charge on any atom is 0.350 e. The summed E-state index contributed by atoms with van der Waals surface area (Å²) in [7, 11) is 1.29. The number of fused-ring (bicyclic) bond motifs is 1. The van der Waals surface area contributed by atoms with E-state index < -0.39 is 5.97 Å². The number of esters is 1. The predicted molar refractivity (Wildman–Crippen MR) is 93.2 cm³/mol. The molecule has 7 nitrogen and oxygen atoms in total. The standard InChI is InChI=1S/C17H16N2O5S/c1-23-17(22)16-11(7-9-25-16)18-14(20)6-8-19-12-4-2-3-5-13(12)24-10-15(19)21/h2-5,7,9H,6,8,10H2,1H3,(H,18,20). The first-order chi connectivity index (χ1) is 12.1. The van der Waals surface area contributed by atoms with E-state index >= 15 is 0 Å². The number of amides is 2. The zero-order chi connectivity index (χ0) is 17.8. The SMILES string of the molecule is COC(=O)c1sccc1NC(=O)CCN1C(=O)COc2ccccc21. The molecule has 1 N–H and O–H groups in total. The molecule has 8 heteroatoms. The van der Waals surface area contributed by atoms with Crippen molar-refractivity contribution < 1.29 is 23.9 Å². The van der Waals surface area contributed by atoms with Crippen molar-refractivity contribution in [2.24, 2.45) is 0 Å². The molecule has 0 fully saturated rings. The normalized spacial score (nSPS) is 13.0. The van der Waals surface area contributed by atoms with Crippen LogP contribution in [0.1, 0.15) is 16.1 Å². The largest absolute Gasteiger partial charge is 0.482 e. The van der Waals surface area contributed by atoms with Gasteiger partial charge in [0, 0.05) is 13.0 Å². The maximum absolute atomic E-state index is 12.2. The first-order valence-corrected chi connectivity index (χ1v) is 8.46. The third kappa shape index (κ3) is 3.63. The number of ether oxygens (including phenoxy) is 2. The number of methoxy groups -OCH3 is 1. The van der Waals surface area contributed by atoms with Crippen LogP contribution >= 0.6 is 11.3 Å². The van der Waals surface area contributed by atoms with Gasteiger partial charge in [0.15, 0.2) is 6.61 Å². The van der Waals surface area contributed by atoms with E-state index in [4.69, 9.17) is 4.74 Å². The van der Waals surface area contributed by atoms with Gasteiger partial charge in [0.2, 0.25) is 5.91 Å². The lowest BCUT2D eigenvalue weighted by Crippen LogP contribution is -2.40. The van der Waals surface area contributed by atoms with Crippen LogP contribution in [-0.2, 0) is 14.3 Å². The van der Waals surface area contributed by atoms with E-state index in [9.17, 15) is 14.4 Å². The van der Waals surface area contributed by atoms with Crippen LogP contribution in [-0.4, -0.2) is 38.0 Å². The smallest absolute Gasteiger partial charge is 0.350 e. The lowest BCUT2D eigenvalue weighted by molar-refractivity contribution is -0.121. The molecule has 0 unspecified atom stereocenters. The summed E-state index contributed by atoms with van der Waals surface area (Å²) in [6.07, 6.45) is 0.0938. The van der Waals surface area contributed by atoms with Crippen molar-refractivity contribution in [3.05, 3.63) is 40.6 Å². The second kappa shape index (κ2) is 7.35. The van der Waals surface area contributed by atoms with Crippen molar-refractivity contribution in [3.63, 3.8) is 0 Å². The van der Waals surface area contributed by atoms with Crippen molar-refractivity contribution in [1.82, 2.24) is 0 Å². The van der Waals surface area contributed by atoms with Gasteiger partial charge in [-0.25, -0.2) is 4.79 Å². The van der Waals surface area contributed by atoms with Crippen LogP contribution in [0.25, 0.3) is 0 Å². The minimum Gasteiger partial charge on any atom is -0.482 e. The molecule has 0 bridgehead atoms. The molecule has 1 aliphatic heterocycles. The molecule has 0 saturated heterocycles. The molecule has 130 valence electrons. The fraction of sp³-hybridized carbons (Fsp3) is 0.235. The zero-order valence-electron chi connectivity index (χ0n) is 13.5.